The molecule has 28 heavy (non-hydrogen) atoms. The lowest BCUT2D eigenvalue weighted by molar-refractivity contribution is -0.772. The second-order valence-electron chi connectivity index (χ2n) is 6.15. The van der Waals surface area contributed by atoms with Crippen molar-refractivity contribution in [2.75, 3.05) is 0 Å². The zero-order valence-corrected chi connectivity index (χ0v) is 16.0. The van der Waals surface area contributed by atoms with Gasteiger partial charge in [-0.1, -0.05) is 56.2 Å². The maximum absolute atomic E-state index is 13.2. The molecule has 0 fully saturated rings. The first-order valence-corrected chi connectivity index (χ1v) is 9.58. The van der Waals surface area contributed by atoms with E-state index in [-0.39, 0.29) is 10.1 Å². The zero-order valence-electron chi connectivity index (χ0n) is 15.2. The molecule has 9 nitrogen and oxygen atoms in total. The fourth-order valence-electron chi connectivity index (χ4n) is 2.96. The lowest BCUT2D eigenvalue weighted by Gasteiger charge is -1.90. The Morgan fingerprint density at radius 3 is 1.43 bits per heavy atom. The first kappa shape index (κ1) is 17.9. The third-order valence-corrected chi connectivity index (χ3v) is 5.86. The minimum absolute atomic E-state index is 0.0317. The van der Waals surface area contributed by atoms with E-state index in [0.29, 0.717) is 11.4 Å². The molecule has 0 saturated heterocycles. The van der Waals surface area contributed by atoms with Gasteiger partial charge in [-0.05, 0) is 24.3 Å². The van der Waals surface area contributed by atoms with Gasteiger partial charge in [-0.15, -0.1) is 9.36 Å². The molecule has 2 N–H and O–H groups in total. The summed E-state index contributed by atoms with van der Waals surface area (Å²) in [5.41, 5.74) is 0.232. The summed E-state index contributed by atoms with van der Waals surface area (Å²) in [6.45, 7) is 0. The Kier molecular flexibility index (Phi) is 4.40. The molecule has 0 aliphatic rings. The van der Waals surface area contributed by atoms with Crippen molar-refractivity contribution in [3.8, 4) is 11.4 Å². The average molecular weight is 398 g/mol. The Balaban J connectivity index is 1.84. The van der Waals surface area contributed by atoms with Crippen LogP contribution in [0.4, 0.5) is 0 Å². The number of nitrogens with zero attached hydrogens (tertiary/aromatic N) is 4. The van der Waals surface area contributed by atoms with Crippen LogP contribution in [0.25, 0.3) is 11.4 Å². The fraction of sp³-hybridized carbons (Fsp3) is 0.111. The van der Waals surface area contributed by atoms with Crippen molar-refractivity contribution in [1.82, 2.24) is 19.8 Å². The second-order valence-corrected chi connectivity index (χ2v) is 7.46. The van der Waals surface area contributed by atoms with Gasteiger partial charge in [0.15, 0.2) is 22.2 Å². The molecule has 0 aliphatic heterocycles. The lowest BCUT2D eigenvalue weighted by Crippen LogP contribution is -2.42. The minimum atomic E-state index is -2.00. The largest absolute Gasteiger partial charge is 0.415 e. The van der Waals surface area contributed by atoms with Gasteiger partial charge in [0.25, 0.3) is 0 Å². The number of nitrogens with one attached hydrogen (secondary N) is 2. The van der Waals surface area contributed by atoms with Crippen molar-refractivity contribution in [3.63, 3.8) is 0 Å². The van der Waals surface area contributed by atoms with Crippen LogP contribution in [-0.2, 0) is 24.9 Å². The van der Waals surface area contributed by atoms with E-state index in [9.17, 15) is 13.8 Å². The van der Waals surface area contributed by atoms with Gasteiger partial charge in [0.05, 0.1) is 0 Å². The van der Waals surface area contributed by atoms with Crippen LogP contribution in [0, 0.1) is 0 Å². The summed E-state index contributed by atoms with van der Waals surface area (Å²) in [6, 6.07) is 17.9. The monoisotopic (exact) mass is 398 g/mol. The summed E-state index contributed by atoms with van der Waals surface area (Å²) >= 11 is 0. The molecular weight excluding hydrogens is 380 g/mol. The molecule has 2 heterocycles. The van der Waals surface area contributed by atoms with Crippen molar-refractivity contribution >= 4 is 10.8 Å². The first-order valence-electron chi connectivity index (χ1n) is 8.44. The van der Waals surface area contributed by atoms with E-state index in [2.05, 4.69) is 10.4 Å². The van der Waals surface area contributed by atoms with Crippen LogP contribution in [0.2, 0.25) is 0 Å². The molecule has 0 saturated carbocycles. The van der Waals surface area contributed by atoms with Gasteiger partial charge in [0.2, 0.25) is 0 Å². The van der Waals surface area contributed by atoms with Gasteiger partial charge >= 0.3 is 21.2 Å². The van der Waals surface area contributed by atoms with Gasteiger partial charge in [0.1, 0.15) is 14.1 Å². The van der Waals surface area contributed by atoms with Gasteiger partial charge in [-0.2, -0.15) is 0 Å². The number of hydrogen-bond acceptors (Lipinski definition) is 3. The zero-order chi connectivity index (χ0) is 19.8. The highest BCUT2D eigenvalue weighted by atomic mass is 32.2. The smallest absolute Gasteiger partial charge is 0.241 e. The van der Waals surface area contributed by atoms with Gasteiger partial charge in [0, 0.05) is 0 Å². The molecule has 0 radical (unpaired) electrons. The number of H-pyrrole nitrogens is 2. The highest BCUT2D eigenvalue weighted by Gasteiger charge is 2.35. The topological polar surface area (TPSA) is 100 Å². The predicted molar refractivity (Wildman–Crippen MR) is 99.8 cm³/mol. The molecular formula is C18H18N6O3S+2. The molecule has 10 heteroatoms. The first-order chi connectivity index (χ1) is 13.5. The molecule has 142 valence electrons. The molecule has 4 aromatic rings. The van der Waals surface area contributed by atoms with E-state index >= 15 is 0 Å². The van der Waals surface area contributed by atoms with Gasteiger partial charge < -0.3 is 0 Å². The molecule has 0 atom stereocenters. The molecule has 0 aliphatic carbocycles. The second kappa shape index (κ2) is 6.89. The summed E-state index contributed by atoms with van der Waals surface area (Å²) in [5.74, 6) is 0. The van der Waals surface area contributed by atoms with Crippen molar-refractivity contribution in [2.45, 2.75) is 10.1 Å². The summed E-state index contributed by atoms with van der Waals surface area (Å²) in [6.07, 6.45) is 0. The molecule has 2 aromatic carbocycles. The van der Waals surface area contributed by atoms with E-state index in [0.717, 1.165) is 0 Å². The van der Waals surface area contributed by atoms with Crippen LogP contribution in [0.5, 0.6) is 0 Å². The van der Waals surface area contributed by atoms with E-state index in [1.807, 2.05) is 12.1 Å². The van der Waals surface area contributed by atoms with Crippen molar-refractivity contribution < 1.29 is 13.6 Å². The number of aryl methyl sites for hydroxylation is 2. The number of benzene rings is 2. The van der Waals surface area contributed by atoms with Crippen LogP contribution < -0.4 is 20.5 Å². The quantitative estimate of drug-likeness (QED) is 0.452. The molecule has 0 unspecified atom stereocenters. The lowest BCUT2D eigenvalue weighted by atomic mass is 10.3. The van der Waals surface area contributed by atoms with Gasteiger partial charge in [-0.3, -0.25) is 0 Å². The molecule has 0 bridgehead atoms. The van der Waals surface area contributed by atoms with Crippen molar-refractivity contribution in [1.29, 1.82) is 0 Å². The van der Waals surface area contributed by atoms with Crippen LogP contribution in [0.15, 0.2) is 80.3 Å². The number of aromatic nitrogens is 6. The van der Waals surface area contributed by atoms with E-state index in [4.69, 9.17) is 0 Å². The summed E-state index contributed by atoms with van der Waals surface area (Å²) in [5, 5.41) is 5.65. The van der Waals surface area contributed by atoms with Crippen LogP contribution in [0.1, 0.15) is 0 Å². The highest BCUT2D eigenvalue weighted by molar-refractivity contribution is 7.84. The van der Waals surface area contributed by atoms with Crippen LogP contribution in [0.3, 0.4) is 0 Å². The molecule has 0 amide bonds. The Bertz CT molecular complexity index is 1180. The third-order valence-electron chi connectivity index (χ3n) is 4.26. The number of hydrogen-bond donors (Lipinski definition) is 2. The Labute approximate surface area is 161 Å². The van der Waals surface area contributed by atoms with Crippen LogP contribution >= 0.6 is 0 Å². The highest BCUT2D eigenvalue weighted by Crippen LogP contribution is 2.07. The molecule has 0 spiro atoms. The van der Waals surface area contributed by atoms with E-state index < -0.39 is 21.9 Å². The summed E-state index contributed by atoms with van der Waals surface area (Å²) in [4.78, 5) is 25.8. The Morgan fingerprint density at radius 1 is 0.714 bits per heavy atom. The van der Waals surface area contributed by atoms with Crippen LogP contribution in [-0.4, -0.2) is 24.0 Å². The SMILES string of the molecule is C[n+]1[nH]n(-c2ccccc2)c(=O)c1S(=O)c1c(=O)n(-c2ccccc2)[nH][n+]1C. The third kappa shape index (κ3) is 2.83. The van der Waals surface area contributed by atoms with E-state index in [1.54, 1.807) is 62.6 Å². The van der Waals surface area contributed by atoms with Crippen molar-refractivity contribution in [3.05, 3.63) is 81.4 Å². The number of aromatic amines is 2. The molecule has 2 aromatic heterocycles. The maximum Gasteiger partial charge on any atom is 0.415 e. The van der Waals surface area contributed by atoms with Crippen molar-refractivity contribution in [2.24, 2.45) is 14.1 Å². The fourth-order valence-corrected chi connectivity index (χ4v) is 4.22. The van der Waals surface area contributed by atoms with E-state index in [1.165, 1.54) is 18.7 Å². The summed E-state index contributed by atoms with van der Waals surface area (Å²) in [7, 11) is 1.16. The normalized spacial score (nSPS) is 11.2. The Morgan fingerprint density at radius 2 is 1.07 bits per heavy atom. The average Bonchev–Trinajstić information content (AvgIpc) is 3.17. The Hall–Kier alpha value is -3.53. The number of rotatable bonds is 4. The predicted octanol–water partition coefficient (Wildman–Crippen LogP) is -0.540. The minimum Gasteiger partial charge on any atom is -0.241 e. The molecule has 4 rings (SSSR count). The number of para-hydroxylation sites is 2. The maximum atomic E-state index is 13.2. The van der Waals surface area contributed by atoms with Gasteiger partial charge in [-0.25, -0.2) is 13.8 Å². The standard InChI is InChI=1S/C18H16N6O3S/c1-21-17(15(25)23(19-21)13-9-5-3-6-10-13)28(27)18-16(26)24(20-22(18)2)14-11-7-4-8-12-14/h3-12H,1-2H3/p+2. The summed E-state index contributed by atoms with van der Waals surface area (Å²) < 4.78 is 18.5.